The normalized spacial score (nSPS) is 14.0. The highest BCUT2D eigenvalue weighted by Gasteiger charge is 2.28. The Morgan fingerprint density at radius 2 is 1.71 bits per heavy atom. The number of nitrogens with zero attached hydrogens (tertiary/aromatic N) is 1. The largest absolute Gasteiger partial charge is 0.326 e. The van der Waals surface area contributed by atoms with Gasteiger partial charge in [-0.1, -0.05) is 12.1 Å². The molecule has 0 unspecified atom stereocenters. The zero-order chi connectivity index (χ0) is 14.5. The second kappa shape index (κ2) is 7.75. The van der Waals surface area contributed by atoms with Crippen LogP contribution in [-0.2, 0) is 20.9 Å². The van der Waals surface area contributed by atoms with Crippen molar-refractivity contribution in [2.75, 3.05) is 11.9 Å². The van der Waals surface area contributed by atoms with E-state index in [0.717, 1.165) is 10.5 Å². The van der Waals surface area contributed by atoms with E-state index in [1.807, 2.05) is 12.1 Å². The summed E-state index contributed by atoms with van der Waals surface area (Å²) in [6.07, 6.45) is 0.609. The van der Waals surface area contributed by atoms with E-state index >= 15 is 0 Å². The third-order valence-electron chi connectivity index (χ3n) is 3.19. The van der Waals surface area contributed by atoms with E-state index in [1.165, 1.54) is 0 Å². The molecular formula is C14H18ClN3O3. The summed E-state index contributed by atoms with van der Waals surface area (Å²) in [6.45, 7) is 0.595. The molecule has 7 heteroatoms. The minimum absolute atomic E-state index is 0. The molecule has 0 radical (unpaired) electrons. The average molecular weight is 312 g/mol. The van der Waals surface area contributed by atoms with Crippen molar-refractivity contribution in [1.82, 2.24) is 4.90 Å². The zero-order valence-corrected chi connectivity index (χ0v) is 12.3. The molecular weight excluding hydrogens is 294 g/mol. The summed E-state index contributed by atoms with van der Waals surface area (Å²) in [5, 5.41) is 2.72. The molecule has 2 rings (SSSR count). The van der Waals surface area contributed by atoms with Gasteiger partial charge in [0.1, 0.15) is 0 Å². The molecule has 114 valence electrons. The number of rotatable bonds is 5. The molecule has 0 bridgehead atoms. The van der Waals surface area contributed by atoms with Gasteiger partial charge in [-0.15, -0.1) is 12.4 Å². The molecule has 3 N–H and O–H groups in total. The van der Waals surface area contributed by atoms with Gasteiger partial charge < -0.3 is 11.1 Å². The van der Waals surface area contributed by atoms with E-state index in [4.69, 9.17) is 5.73 Å². The number of hydrogen-bond donors (Lipinski definition) is 2. The number of anilines is 1. The summed E-state index contributed by atoms with van der Waals surface area (Å²) < 4.78 is 0. The van der Waals surface area contributed by atoms with Crippen molar-refractivity contribution in [1.29, 1.82) is 0 Å². The molecule has 0 saturated carbocycles. The maximum atomic E-state index is 11.8. The first-order chi connectivity index (χ1) is 9.60. The maximum Gasteiger partial charge on any atom is 0.229 e. The van der Waals surface area contributed by atoms with Gasteiger partial charge in [0, 0.05) is 38.0 Å². The SMILES string of the molecule is Cl.NCc1ccc(NC(=O)CCN2C(=O)CCC2=O)cc1. The predicted octanol–water partition coefficient (Wildman–Crippen LogP) is 1.04. The Morgan fingerprint density at radius 3 is 2.24 bits per heavy atom. The molecule has 1 fully saturated rings. The van der Waals surface area contributed by atoms with E-state index < -0.39 is 0 Å². The minimum atomic E-state index is -0.224. The number of carbonyl (C=O) groups is 3. The van der Waals surface area contributed by atoms with Gasteiger partial charge in [0.15, 0.2) is 0 Å². The van der Waals surface area contributed by atoms with Crippen molar-refractivity contribution < 1.29 is 14.4 Å². The molecule has 6 nitrogen and oxygen atoms in total. The summed E-state index contributed by atoms with van der Waals surface area (Å²) >= 11 is 0. The molecule has 0 aliphatic carbocycles. The number of carbonyl (C=O) groups excluding carboxylic acids is 3. The standard InChI is InChI=1S/C14H17N3O3.ClH/c15-9-10-1-3-11(4-2-10)16-12(18)7-8-17-13(19)5-6-14(17)20;/h1-4H,5-9,15H2,(H,16,18);1H. The van der Waals surface area contributed by atoms with Gasteiger partial charge in [-0.05, 0) is 17.7 Å². The molecule has 0 aromatic heterocycles. The van der Waals surface area contributed by atoms with Crippen LogP contribution in [0.4, 0.5) is 5.69 Å². The molecule has 1 aliphatic heterocycles. The highest BCUT2D eigenvalue weighted by molar-refractivity contribution is 6.02. The fourth-order valence-corrected chi connectivity index (χ4v) is 2.03. The second-order valence-electron chi connectivity index (χ2n) is 4.64. The van der Waals surface area contributed by atoms with Crippen molar-refractivity contribution in [3.8, 4) is 0 Å². The number of nitrogens with two attached hydrogens (primary N) is 1. The first-order valence-electron chi connectivity index (χ1n) is 6.52. The number of amides is 3. The lowest BCUT2D eigenvalue weighted by atomic mass is 10.2. The van der Waals surface area contributed by atoms with E-state index in [1.54, 1.807) is 12.1 Å². The molecule has 1 heterocycles. The Bertz CT molecular complexity index is 515. The van der Waals surface area contributed by atoms with Gasteiger partial charge in [0.25, 0.3) is 0 Å². The number of halogens is 1. The minimum Gasteiger partial charge on any atom is -0.326 e. The third-order valence-corrected chi connectivity index (χ3v) is 3.19. The van der Waals surface area contributed by atoms with Crippen LogP contribution in [-0.4, -0.2) is 29.2 Å². The van der Waals surface area contributed by atoms with Gasteiger partial charge in [-0.3, -0.25) is 19.3 Å². The van der Waals surface area contributed by atoms with Gasteiger partial charge in [-0.25, -0.2) is 0 Å². The lowest BCUT2D eigenvalue weighted by Crippen LogP contribution is -2.32. The van der Waals surface area contributed by atoms with Crippen LogP contribution >= 0.6 is 12.4 Å². The molecule has 1 aliphatic rings. The van der Waals surface area contributed by atoms with Crippen LogP contribution in [0.1, 0.15) is 24.8 Å². The van der Waals surface area contributed by atoms with E-state index in [0.29, 0.717) is 12.2 Å². The van der Waals surface area contributed by atoms with Crippen LogP contribution in [0.25, 0.3) is 0 Å². The number of nitrogens with one attached hydrogen (secondary N) is 1. The van der Waals surface area contributed by atoms with Gasteiger partial charge >= 0.3 is 0 Å². The fourth-order valence-electron chi connectivity index (χ4n) is 2.03. The highest BCUT2D eigenvalue weighted by atomic mass is 35.5. The van der Waals surface area contributed by atoms with Crippen molar-refractivity contribution >= 4 is 35.8 Å². The molecule has 1 saturated heterocycles. The first-order valence-corrected chi connectivity index (χ1v) is 6.52. The second-order valence-corrected chi connectivity index (χ2v) is 4.64. The fraction of sp³-hybridized carbons (Fsp3) is 0.357. The molecule has 1 aromatic carbocycles. The van der Waals surface area contributed by atoms with Crippen molar-refractivity contribution in [2.45, 2.75) is 25.8 Å². The number of likely N-dealkylation sites (tertiary alicyclic amines) is 1. The Labute approximate surface area is 129 Å². The van der Waals surface area contributed by atoms with Crippen molar-refractivity contribution in [2.24, 2.45) is 5.73 Å². The maximum absolute atomic E-state index is 11.8. The highest BCUT2D eigenvalue weighted by Crippen LogP contribution is 2.13. The topological polar surface area (TPSA) is 92.5 Å². The summed E-state index contributed by atoms with van der Waals surface area (Å²) in [7, 11) is 0. The molecule has 1 aromatic rings. The molecule has 3 amide bonds. The lowest BCUT2D eigenvalue weighted by Gasteiger charge is -2.13. The van der Waals surface area contributed by atoms with Crippen molar-refractivity contribution in [3.63, 3.8) is 0 Å². The van der Waals surface area contributed by atoms with Gasteiger partial charge in [0.2, 0.25) is 17.7 Å². The average Bonchev–Trinajstić information content (AvgIpc) is 2.77. The van der Waals surface area contributed by atoms with Crippen LogP contribution in [0, 0.1) is 0 Å². The van der Waals surface area contributed by atoms with Crippen LogP contribution in [0.15, 0.2) is 24.3 Å². The quantitative estimate of drug-likeness (QED) is 0.795. The summed E-state index contributed by atoms with van der Waals surface area (Å²) in [4.78, 5) is 35.7. The van der Waals surface area contributed by atoms with Crippen LogP contribution < -0.4 is 11.1 Å². The van der Waals surface area contributed by atoms with Crippen LogP contribution in [0.5, 0.6) is 0 Å². The number of imide groups is 1. The predicted molar refractivity (Wildman–Crippen MR) is 80.8 cm³/mol. The smallest absolute Gasteiger partial charge is 0.229 e. The Balaban J connectivity index is 0.00000220. The van der Waals surface area contributed by atoms with E-state index in [-0.39, 0.29) is 55.9 Å². The lowest BCUT2D eigenvalue weighted by molar-refractivity contribution is -0.138. The van der Waals surface area contributed by atoms with Crippen LogP contribution in [0.2, 0.25) is 0 Å². The van der Waals surface area contributed by atoms with E-state index in [9.17, 15) is 14.4 Å². The van der Waals surface area contributed by atoms with Crippen molar-refractivity contribution in [3.05, 3.63) is 29.8 Å². The first kappa shape index (κ1) is 17.1. The van der Waals surface area contributed by atoms with Gasteiger partial charge in [0.05, 0.1) is 0 Å². The molecule has 0 atom stereocenters. The zero-order valence-electron chi connectivity index (χ0n) is 11.5. The molecule has 0 spiro atoms. The Hall–Kier alpha value is -1.92. The van der Waals surface area contributed by atoms with E-state index in [2.05, 4.69) is 5.32 Å². The summed E-state index contributed by atoms with van der Waals surface area (Å²) in [6, 6.07) is 7.21. The molecule has 21 heavy (non-hydrogen) atoms. The Kier molecular flexibility index (Phi) is 6.33. The van der Waals surface area contributed by atoms with Crippen LogP contribution in [0.3, 0.4) is 0 Å². The van der Waals surface area contributed by atoms with Gasteiger partial charge in [-0.2, -0.15) is 0 Å². The third kappa shape index (κ3) is 4.54. The summed E-state index contributed by atoms with van der Waals surface area (Å²) in [5.74, 6) is -0.622. The summed E-state index contributed by atoms with van der Waals surface area (Å²) in [5.41, 5.74) is 7.14. The number of benzene rings is 1. The number of hydrogen-bond acceptors (Lipinski definition) is 4. The monoisotopic (exact) mass is 311 g/mol. The Morgan fingerprint density at radius 1 is 1.14 bits per heavy atom.